The van der Waals surface area contributed by atoms with Crippen LogP contribution in [0, 0.1) is 10.1 Å². The number of nitrogens with one attached hydrogen (secondary N) is 1. The Kier molecular flexibility index (Phi) is 12.5. The average molecular weight is 795 g/mol. The van der Waals surface area contributed by atoms with Crippen molar-refractivity contribution in [3.63, 3.8) is 0 Å². The summed E-state index contributed by atoms with van der Waals surface area (Å²) in [5, 5.41) is 13.2. The lowest BCUT2D eigenvalue weighted by atomic mass is 10.1. The van der Waals surface area contributed by atoms with E-state index in [0.717, 1.165) is 6.26 Å². The van der Waals surface area contributed by atoms with Gasteiger partial charge in [0, 0.05) is 18.4 Å². The van der Waals surface area contributed by atoms with Crippen LogP contribution in [0.25, 0.3) is 11.2 Å². The second-order valence-electron chi connectivity index (χ2n) is 12.4. The molecular formula is C31H39N8O13PS. The molecule has 0 aliphatic carbocycles. The number of benzene rings is 1. The highest BCUT2D eigenvalue weighted by Crippen LogP contribution is 2.53. The van der Waals surface area contributed by atoms with E-state index in [1.54, 1.807) is 18.4 Å². The molecule has 2 aromatic heterocycles. The van der Waals surface area contributed by atoms with Crippen molar-refractivity contribution < 1.29 is 56.0 Å². The van der Waals surface area contributed by atoms with Crippen LogP contribution in [-0.2, 0) is 58.4 Å². The van der Waals surface area contributed by atoms with Crippen molar-refractivity contribution in [1.29, 1.82) is 0 Å². The maximum Gasteiger partial charge on any atom is 0.462 e. The molecule has 1 amide bonds. The fraction of sp³-hybridized carbons (Fsp3) is 0.452. The minimum atomic E-state index is -4.62. The van der Waals surface area contributed by atoms with Gasteiger partial charge in [-0.2, -0.15) is 0 Å². The molecule has 2 aliphatic heterocycles. The second kappa shape index (κ2) is 16.7. The number of carbonyl (C=O) groups excluding carboxylic acids is 2. The maximum absolute atomic E-state index is 14.1. The molecule has 4 heterocycles. The summed E-state index contributed by atoms with van der Waals surface area (Å²) in [7, 11) is -8.31. The number of nitrogens with two attached hydrogens (primary N) is 1. The van der Waals surface area contributed by atoms with E-state index in [4.69, 9.17) is 38.5 Å². The average Bonchev–Trinajstić information content (AvgIpc) is 3.78. The summed E-state index contributed by atoms with van der Waals surface area (Å²) in [5.74, 6) is -2.62. The standard InChI is InChI=1S/C31H39N8O13PS/c1-6-12-46-29(40)21(36-30(41)47-14-19-8-10-20(11-9-19)39(42)43)16-54(5,45)37-53(44,48-13-7-2)49-15-22-24-25(52-31(3,4)51-24)28(50-22)38-18-35-23-26(32)33-17-34-27(23)38/h6-11,17-18,21-22,24-25,28H,1-2,12-16H2,3-5H3,(H,36,41)(H2,32,33,34)/t21-,22+,24+,25+,28+,53?,54?/m0/s1. The number of hydrogen-bond donors (Lipinski definition) is 2. The van der Waals surface area contributed by atoms with Crippen LogP contribution >= 0.6 is 7.75 Å². The lowest BCUT2D eigenvalue weighted by molar-refractivity contribution is -0.384. The number of nitro groups is 1. The van der Waals surface area contributed by atoms with Crippen LogP contribution in [0.15, 0.2) is 66.4 Å². The SMILES string of the molecule is C=CCOC(=O)[C@H](CS(C)(=O)=NP(=O)(OCC=C)OC[C@H]1O[C@@H](n2cnc3c(N)ncnc32)[C@@H]2OC(C)(C)O[C@@H]21)NC(=O)OCc1ccc([N+](=O)[O-])cc1. The number of hydrogen-bond acceptors (Lipinski definition) is 17. The Morgan fingerprint density at radius 1 is 1.15 bits per heavy atom. The number of fused-ring (bicyclic) bond motifs is 2. The largest absolute Gasteiger partial charge is 0.462 e. The molecule has 2 aliphatic rings. The van der Waals surface area contributed by atoms with Crippen molar-refractivity contribution in [2.75, 3.05) is 37.6 Å². The van der Waals surface area contributed by atoms with Crippen LogP contribution in [-0.4, -0.2) is 103 Å². The first kappa shape index (κ1) is 40.4. The molecule has 292 valence electrons. The van der Waals surface area contributed by atoms with E-state index >= 15 is 0 Å². The summed E-state index contributed by atoms with van der Waals surface area (Å²) in [5.41, 5.74) is 6.92. The van der Waals surface area contributed by atoms with E-state index < -0.39 is 83.2 Å². The van der Waals surface area contributed by atoms with Gasteiger partial charge >= 0.3 is 19.8 Å². The summed E-state index contributed by atoms with van der Waals surface area (Å²) in [4.78, 5) is 48.5. The summed E-state index contributed by atoms with van der Waals surface area (Å²) < 4.78 is 73.4. The first-order valence-electron chi connectivity index (χ1n) is 16.1. The predicted molar refractivity (Wildman–Crippen MR) is 190 cm³/mol. The van der Waals surface area contributed by atoms with E-state index in [-0.39, 0.29) is 31.3 Å². The summed E-state index contributed by atoms with van der Waals surface area (Å²) in [6.07, 6.45) is 2.01. The number of anilines is 1. The van der Waals surface area contributed by atoms with Gasteiger partial charge < -0.3 is 34.7 Å². The lowest BCUT2D eigenvalue weighted by Gasteiger charge is -2.25. The molecule has 7 atom stereocenters. The van der Waals surface area contributed by atoms with Gasteiger partial charge in [0.1, 0.15) is 49.4 Å². The molecule has 5 rings (SSSR count). The van der Waals surface area contributed by atoms with Gasteiger partial charge in [0.15, 0.2) is 23.5 Å². The number of alkyl carbamates (subject to hydrolysis) is 1. The summed E-state index contributed by atoms with van der Waals surface area (Å²) >= 11 is 0. The van der Waals surface area contributed by atoms with Crippen LogP contribution in [0.4, 0.5) is 16.3 Å². The van der Waals surface area contributed by atoms with E-state index in [9.17, 15) is 28.5 Å². The van der Waals surface area contributed by atoms with Gasteiger partial charge in [-0.3, -0.25) is 23.7 Å². The monoisotopic (exact) mass is 794 g/mol. The zero-order chi connectivity index (χ0) is 39.3. The third-order valence-corrected chi connectivity index (χ3v) is 11.8. The third-order valence-electron chi connectivity index (χ3n) is 7.73. The Balaban J connectivity index is 1.32. The first-order valence-corrected chi connectivity index (χ1v) is 19.7. The van der Waals surface area contributed by atoms with E-state index in [1.807, 2.05) is 0 Å². The highest BCUT2D eigenvalue weighted by Gasteiger charge is 2.56. The third kappa shape index (κ3) is 9.82. The molecule has 1 aromatic carbocycles. The number of amides is 1. The van der Waals surface area contributed by atoms with Crippen LogP contribution in [0.5, 0.6) is 0 Å². The molecular weight excluding hydrogens is 755 g/mol. The van der Waals surface area contributed by atoms with E-state index in [2.05, 4.69) is 37.6 Å². The number of rotatable bonds is 17. The molecule has 0 spiro atoms. The van der Waals surface area contributed by atoms with Gasteiger partial charge in [-0.05, 0) is 31.5 Å². The van der Waals surface area contributed by atoms with Gasteiger partial charge in [0.05, 0.1) is 39.9 Å². The predicted octanol–water partition coefficient (Wildman–Crippen LogP) is 3.18. The van der Waals surface area contributed by atoms with E-state index in [0.29, 0.717) is 16.7 Å². The molecule has 2 fully saturated rings. The normalized spacial score (nSPS) is 22.9. The topological polar surface area (TPSA) is 270 Å². The van der Waals surface area contributed by atoms with Crippen LogP contribution in [0.2, 0.25) is 0 Å². The molecule has 3 N–H and O–H groups in total. The lowest BCUT2D eigenvalue weighted by Crippen LogP contribution is -2.46. The van der Waals surface area contributed by atoms with Gasteiger partial charge in [-0.15, -0.1) is 10.7 Å². The molecule has 2 saturated heterocycles. The minimum Gasteiger partial charge on any atom is -0.460 e. The van der Waals surface area contributed by atoms with Gasteiger partial charge in [0.2, 0.25) is 0 Å². The Morgan fingerprint density at radius 2 is 1.85 bits per heavy atom. The van der Waals surface area contributed by atoms with Crippen molar-refractivity contribution in [2.45, 2.75) is 56.8 Å². The summed E-state index contributed by atoms with van der Waals surface area (Å²) in [6, 6.07) is 3.61. The fourth-order valence-electron chi connectivity index (χ4n) is 5.48. The Morgan fingerprint density at radius 3 is 2.54 bits per heavy atom. The Labute approximate surface area is 309 Å². The number of ether oxygens (including phenoxy) is 5. The zero-order valence-corrected chi connectivity index (χ0v) is 31.1. The number of nitrogen functional groups attached to an aromatic ring is 1. The number of imidazole rings is 1. The molecule has 54 heavy (non-hydrogen) atoms. The van der Waals surface area contributed by atoms with E-state index in [1.165, 1.54) is 49.1 Å². The van der Waals surface area contributed by atoms with Crippen molar-refractivity contribution >= 4 is 52.2 Å². The fourth-order valence-corrected chi connectivity index (χ4v) is 9.36. The molecule has 21 nitrogen and oxygen atoms in total. The number of carbonyl (C=O) groups is 2. The van der Waals surface area contributed by atoms with Crippen LogP contribution in [0.3, 0.4) is 0 Å². The molecule has 2 unspecified atom stereocenters. The molecule has 3 aromatic rings. The van der Waals surface area contributed by atoms with Crippen molar-refractivity contribution in [1.82, 2.24) is 24.8 Å². The van der Waals surface area contributed by atoms with Crippen molar-refractivity contribution in [3.05, 3.63) is 77.9 Å². The molecule has 0 saturated carbocycles. The van der Waals surface area contributed by atoms with Crippen LogP contribution < -0.4 is 11.1 Å². The van der Waals surface area contributed by atoms with Gasteiger partial charge in [0.25, 0.3) is 5.69 Å². The number of aromatic nitrogens is 4. The van der Waals surface area contributed by atoms with Crippen molar-refractivity contribution in [3.8, 4) is 0 Å². The number of nitro benzene ring substituents is 1. The first-order chi connectivity index (χ1) is 25.5. The quantitative estimate of drug-likeness (QED) is 0.0653. The maximum atomic E-state index is 14.1. The molecule has 0 radical (unpaired) electrons. The Bertz CT molecular complexity index is 2070. The highest BCUT2D eigenvalue weighted by atomic mass is 32.2. The van der Waals surface area contributed by atoms with Gasteiger partial charge in [-0.1, -0.05) is 18.7 Å². The minimum absolute atomic E-state index is 0.160. The Hall–Kier alpha value is -4.83. The second-order valence-corrected chi connectivity index (χ2v) is 16.7. The molecule has 23 heteroatoms. The van der Waals surface area contributed by atoms with Crippen molar-refractivity contribution in [2.24, 2.45) is 4.13 Å². The summed E-state index contributed by atoms with van der Waals surface area (Å²) in [6.45, 7) is 9.09. The molecule has 0 bridgehead atoms. The highest BCUT2D eigenvalue weighted by molar-refractivity contribution is 7.95. The smallest absolute Gasteiger partial charge is 0.460 e. The number of esters is 1. The van der Waals surface area contributed by atoms with Crippen LogP contribution in [0.1, 0.15) is 25.6 Å². The number of nitrogens with zero attached hydrogens (tertiary/aromatic N) is 6. The van der Waals surface area contributed by atoms with Gasteiger partial charge in [-0.25, -0.2) is 33.3 Å². The zero-order valence-electron chi connectivity index (χ0n) is 29.4. The number of non-ortho nitro benzene ring substituents is 1.